The molecular formula is C15H25N4O2S. The van der Waals surface area contributed by atoms with Crippen molar-refractivity contribution in [1.29, 1.82) is 0 Å². The molecule has 0 spiro atoms. The fourth-order valence-electron chi connectivity index (χ4n) is 2.29. The molecule has 0 aromatic heterocycles. The smallest absolute Gasteiger partial charge is 0.276 e. The second-order valence-corrected chi connectivity index (χ2v) is 6.91. The normalized spacial score (nSPS) is 12.6. The molecule has 0 heterocycles. The van der Waals surface area contributed by atoms with Gasteiger partial charge in [-0.05, 0) is 38.3 Å². The van der Waals surface area contributed by atoms with Crippen molar-refractivity contribution in [3.05, 3.63) is 29.8 Å². The number of sulfonamides is 1. The predicted molar refractivity (Wildman–Crippen MR) is 88.6 cm³/mol. The third-order valence-corrected chi connectivity index (χ3v) is 5.42. The maximum Gasteiger partial charge on any atom is 0.276 e. The Bertz CT molecular complexity index is 582. The van der Waals surface area contributed by atoms with Crippen molar-refractivity contribution in [3.8, 4) is 0 Å². The molecule has 0 unspecified atom stereocenters. The van der Waals surface area contributed by atoms with E-state index in [1.807, 2.05) is 27.7 Å². The highest BCUT2D eigenvalue weighted by Crippen LogP contribution is 2.30. The first-order valence-electron chi connectivity index (χ1n) is 7.23. The molecule has 0 amide bonds. The Kier molecular flexibility index (Phi) is 7.55. The van der Waals surface area contributed by atoms with E-state index in [1.165, 1.54) is 0 Å². The number of hydrazone groups is 1. The van der Waals surface area contributed by atoms with E-state index >= 15 is 0 Å². The third-order valence-electron chi connectivity index (χ3n) is 4.19. The van der Waals surface area contributed by atoms with E-state index in [0.29, 0.717) is 5.84 Å². The van der Waals surface area contributed by atoms with Crippen LogP contribution in [0.5, 0.6) is 0 Å². The van der Waals surface area contributed by atoms with Gasteiger partial charge in [-0.3, -0.25) is 0 Å². The molecule has 22 heavy (non-hydrogen) atoms. The Balaban J connectivity index is 0.00000441. The molecular weight excluding hydrogens is 300 g/mol. The van der Waals surface area contributed by atoms with Gasteiger partial charge in [0.05, 0.1) is 4.90 Å². The van der Waals surface area contributed by atoms with Gasteiger partial charge >= 0.3 is 0 Å². The lowest BCUT2D eigenvalue weighted by molar-refractivity contribution is 0.369. The fourth-order valence-corrected chi connectivity index (χ4v) is 3.11. The monoisotopic (exact) mass is 325 g/mol. The maximum absolute atomic E-state index is 12.2. The first kappa shape index (κ1) is 20.4. The van der Waals surface area contributed by atoms with Crippen LogP contribution in [0.1, 0.15) is 45.6 Å². The quantitative estimate of drug-likeness (QED) is 0.455. The molecule has 0 saturated carbocycles. The van der Waals surface area contributed by atoms with Gasteiger partial charge in [-0.15, -0.1) is 0 Å². The molecule has 0 aliphatic rings. The predicted octanol–water partition coefficient (Wildman–Crippen LogP) is 2.28. The van der Waals surface area contributed by atoms with Crippen LogP contribution in [0.4, 0.5) is 0 Å². The van der Waals surface area contributed by atoms with Crippen molar-refractivity contribution in [1.82, 2.24) is 11.0 Å². The van der Waals surface area contributed by atoms with Crippen molar-refractivity contribution in [2.45, 2.75) is 51.9 Å². The summed E-state index contributed by atoms with van der Waals surface area (Å²) in [6, 6.07) is 6.60. The summed E-state index contributed by atoms with van der Waals surface area (Å²) in [7, 11) is -3.67. The van der Waals surface area contributed by atoms with Crippen molar-refractivity contribution >= 4 is 15.9 Å². The summed E-state index contributed by atoms with van der Waals surface area (Å²) in [5.41, 5.74) is 6.76. The van der Waals surface area contributed by atoms with Gasteiger partial charge in [-0.1, -0.05) is 38.5 Å². The molecule has 3 N–H and O–H groups in total. The lowest BCUT2D eigenvalue weighted by Gasteiger charge is -2.29. The van der Waals surface area contributed by atoms with Crippen LogP contribution >= 0.6 is 0 Å². The van der Waals surface area contributed by atoms with Crippen LogP contribution in [-0.4, -0.2) is 14.3 Å². The Morgan fingerprint density at radius 1 is 1.14 bits per heavy atom. The molecule has 0 saturated heterocycles. The minimum atomic E-state index is -3.67. The molecule has 6 nitrogen and oxygen atoms in total. The Labute approximate surface area is 133 Å². The lowest BCUT2D eigenvalue weighted by Crippen LogP contribution is -2.38. The highest BCUT2D eigenvalue weighted by molar-refractivity contribution is 7.89. The highest BCUT2D eigenvalue weighted by atomic mass is 32.2. The number of benzene rings is 1. The molecule has 1 aromatic carbocycles. The summed E-state index contributed by atoms with van der Waals surface area (Å²) in [5.74, 6) is 0.339. The summed E-state index contributed by atoms with van der Waals surface area (Å²) in [5, 5.41) is 3.94. The number of rotatable bonds is 7. The summed E-state index contributed by atoms with van der Waals surface area (Å²) in [4.78, 5) is 2.42. The average Bonchev–Trinajstić information content (AvgIpc) is 2.48. The summed E-state index contributed by atoms with van der Waals surface area (Å²) in [6.45, 7) is 8.00. The van der Waals surface area contributed by atoms with Crippen LogP contribution in [0.2, 0.25) is 0 Å². The minimum absolute atomic E-state index is 0. The first-order valence-corrected chi connectivity index (χ1v) is 8.71. The summed E-state index contributed by atoms with van der Waals surface area (Å²) in [6.07, 6.45) is 2.46. The highest BCUT2D eigenvalue weighted by Gasteiger charge is 2.29. The van der Waals surface area contributed by atoms with Crippen LogP contribution in [0.15, 0.2) is 34.3 Å². The van der Waals surface area contributed by atoms with Gasteiger partial charge in [-0.2, -0.15) is 18.4 Å². The van der Waals surface area contributed by atoms with Crippen molar-refractivity contribution in [3.63, 3.8) is 0 Å². The Hall–Kier alpha value is -1.60. The number of hydrogen-bond acceptors (Lipinski definition) is 3. The zero-order valence-corrected chi connectivity index (χ0v) is 14.4. The minimum Gasteiger partial charge on any atom is -0.385 e. The average molecular weight is 325 g/mol. The fraction of sp³-hybridized carbons (Fsp3) is 0.533. The first-order chi connectivity index (χ1) is 9.81. The van der Waals surface area contributed by atoms with Crippen molar-refractivity contribution in [2.24, 2.45) is 16.3 Å². The van der Waals surface area contributed by atoms with E-state index in [2.05, 4.69) is 9.93 Å². The topological polar surface area (TPSA) is 115 Å². The molecule has 0 bridgehead atoms. The van der Waals surface area contributed by atoms with E-state index in [9.17, 15) is 8.42 Å². The number of hydrogen-bond donors (Lipinski definition) is 2. The van der Waals surface area contributed by atoms with Crippen LogP contribution in [0, 0.1) is 12.3 Å². The SMILES string of the molecule is CCC(CC)(CC)C(N)=NNS(=O)(=O)c1ccc(C)cc1.[N]. The van der Waals surface area contributed by atoms with Crippen molar-refractivity contribution < 1.29 is 8.42 Å². The van der Waals surface area contributed by atoms with Gasteiger partial charge in [0.25, 0.3) is 10.0 Å². The Morgan fingerprint density at radius 2 is 1.59 bits per heavy atom. The zero-order chi connectivity index (χ0) is 16.1. The molecule has 0 aliphatic heterocycles. The van der Waals surface area contributed by atoms with Crippen molar-refractivity contribution in [2.75, 3.05) is 0 Å². The second kappa shape index (κ2) is 8.14. The largest absolute Gasteiger partial charge is 0.385 e. The zero-order valence-electron chi connectivity index (χ0n) is 13.6. The van der Waals surface area contributed by atoms with Crippen LogP contribution in [0.3, 0.4) is 0 Å². The number of aryl methyl sites for hydroxylation is 1. The molecule has 7 heteroatoms. The Morgan fingerprint density at radius 3 is 2.00 bits per heavy atom. The number of nitrogens with zero attached hydrogens (tertiary/aromatic N) is 2. The van der Waals surface area contributed by atoms with E-state index < -0.39 is 10.0 Å². The lowest BCUT2D eigenvalue weighted by atomic mass is 9.79. The second-order valence-electron chi connectivity index (χ2n) is 5.25. The molecule has 3 radical (unpaired) electrons. The molecule has 0 fully saturated rings. The molecule has 123 valence electrons. The molecule has 0 aliphatic carbocycles. The van der Waals surface area contributed by atoms with Gasteiger partial charge < -0.3 is 5.73 Å². The van der Waals surface area contributed by atoms with Gasteiger partial charge in [0.15, 0.2) is 0 Å². The third kappa shape index (κ3) is 4.45. The van der Waals surface area contributed by atoms with Crippen LogP contribution < -0.4 is 16.7 Å². The summed E-state index contributed by atoms with van der Waals surface area (Å²) < 4.78 is 24.3. The van der Waals surface area contributed by atoms with E-state index in [0.717, 1.165) is 24.8 Å². The van der Waals surface area contributed by atoms with Crippen LogP contribution in [0.25, 0.3) is 0 Å². The van der Waals surface area contributed by atoms with Crippen LogP contribution in [-0.2, 0) is 10.0 Å². The molecule has 1 aromatic rings. The van der Waals surface area contributed by atoms with Gasteiger partial charge in [0.1, 0.15) is 5.84 Å². The van der Waals surface area contributed by atoms with Gasteiger partial charge in [0.2, 0.25) is 0 Å². The standard InChI is InChI=1S/C15H25N3O2S.N/c1-5-15(6-2,7-3)14(16)17-18-21(19,20)13-10-8-12(4)9-11-13;/h8-11,18H,5-7H2,1-4H3,(H2,16,17);. The van der Waals surface area contributed by atoms with Gasteiger partial charge in [0, 0.05) is 11.6 Å². The maximum atomic E-state index is 12.2. The van der Waals surface area contributed by atoms with Gasteiger partial charge in [-0.25, -0.2) is 0 Å². The van der Waals surface area contributed by atoms with E-state index in [1.54, 1.807) is 24.3 Å². The molecule has 1 rings (SSSR count). The number of amidine groups is 1. The number of nitrogens with two attached hydrogens (primary N) is 1. The van der Waals surface area contributed by atoms with E-state index in [4.69, 9.17) is 5.73 Å². The summed E-state index contributed by atoms with van der Waals surface area (Å²) >= 11 is 0. The van der Waals surface area contributed by atoms with E-state index in [-0.39, 0.29) is 16.5 Å². The molecule has 0 atom stereocenters. The number of nitrogens with one attached hydrogen (secondary N) is 1.